The van der Waals surface area contributed by atoms with Gasteiger partial charge in [0, 0.05) is 63.4 Å². The first-order valence-electron chi connectivity index (χ1n) is 17.3. The third-order valence-electron chi connectivity index (χ3n) is 10.3. The van der Waals surface area contributed by atoms with E-state index in [1.165, 1.54) is 0 Å². The van der Waals surface area contributed by atoms with E-state index in [-0.39, 0.29) is 35.5 Å². The lowest BCUT2D eigenvalue weighted by atomic mass is 9.65. The topological polar surface area (TPSA) is 103 Å². The van der Waals surface area contributed by atoms with Crippen LogP contribution in [0.4, 0.5) is 5.69 Å². The number of aliphatic hydroxyl groups is 1. The van der Waals surface area contributed by atoms with Gasteiger partial charge in [-0.3, -0.25) is 19.3 Å². The van der Waals surface area contributed by atoms with Crippen molar-refractivity contribution >= 4 is 35.2 Å². The van der Waals surface area contributed by atoms with E-state index in [0.29, 0.717) is 58.8 Å². The number of benzene rings is 1. The molecule has 0 saturated carbocycles. The molecule has 4 saturated heterocycles. The number of ether oxygens (including phenoxy) is 2. The summed E-state index contributed by atoms with van der Waals surface area (Å²) in [7, 11) is 0. The highest BCUT2D eigenvalue weighted by Crippen LogP contribution is 2.69. The molecule has 4 aliphatic rings. The van der Waals surface area contributed by atoms with E-state index in [1.807, 2.05) is 36.1 Å². The molecule has 11 heteroatoms. The molecular weight excluding hydrogens is 616 g/mol. The molecule has 1 aromatic rings. The van der Waals surface area contributed by atoms with Crippen molar-refractivity contribution in [1.82, 2.24) is 14.7 Å². The van der Waals surface area contributed by atoms with Gasteiger partial charge in [-0.2, -0.15) is 0 Å². The van der Waals surface area contributed by atoms with Gasteiger partial charge in [-0.1, -0.05) is 19.1 Å². The van der Waals surface area contributed by atoms with Crippen LogP contribution >= 0.6 is 11.8 Å². The van der Waals surface area contributed by atoms with E-state index in [9.17, 15) is 19.5 Å². The lowest BCUT2D eigenvalue weighted by molar-refractivity contribution is -0.142. The molecule has 1 aromatic carbocycles. The van der Waals surface area contributed by atoms with Gasteiger partial charge in [0.25, 0.3) is 0 Å². The molecule has 258 valence electrons. The minimum atomic E-state index is -0.701. The number of rotatable bonds is 17. The first-order valence-corrected chi connectivity index (χ1v) is 18.1. The number of anilines is 1. The molecule has 4 fully saturated rings. The molecule has 4 heterocycles. The molecule has 0 radical (unpaired) electrons. The van der Waals surface area contributed by atoms with Crippen LogP contribution < -0.4 is 9.64 Å². The third kappa shape index (κ3) is 7.00. The highest BCUT2D eigenvalue weighted by atomic mass is 32.2. The number of carbonyl (C=O) groups is 3. The molecule has 5 rings (SSSR count). The number of fused-ring (bicyclic) bond motifs is 1. The van der Waals surface area contributed by atoms with Crippen molar-refractivity contribution in [2.75, 3.05) is 77.1 Å². The van der Waals surface area contributed by atoms with Gasteiger partial charge in [-0.25, -0.2) is 0 Å². The molecule has 0 aliphatic carbocycles. The van der Waals surface area contributed by atoms with Crippen LogP contribution in [0, 0.1) is 17.8 Å². The minimum Gasteiger partial charge on any atom is -0.494 e. The maximum Gasteiger partial charge on any atom is 0.247 e. The molecule has 3 unspecified atom stereocenters. The summed E-state index contributed by atoms with van der Waals surface area (Å²) in [6.45, 7) is 18.0. The molecule has 0 aromatic heterocycles. The number of hydrogen-bond acceptors (Lipinski definition) is 8. The van der Waals surface area contributed by atoms with Crippen LogP contribution in [0.5, 0.6) is 5.75 Å². The van der Waals surface area contributed by atoms with Crippen LogP contribution in [-0.2, 0) is 19.1 Å². The van der Waals surface area contributed by atoms with E-state index in [4.69, 9.17) is 9.47 Å². The Morgan fingerprint density at radius 3 is 2.47 bits per heavy atom. The quantitative estimate of drug-likeness (QED) is 0.199. The van der Waals surface area contributed by atoms with E-state index >= 15 is 0 Å². The average Bonchev–Trinajstić information content (AvgIpc) is 3.67. The lowest BCUT2D eigenvalue weighted by Crippen LogP contribution is -2.58. The van der Waals surface area contributed by atoms with Gasteiger partial charge >= 0.3 is 0 Å². The summed E-state index contributed by atoms with van der Waals surface area (Å²) in [6, 6.07) is 6.80. The van der Waals surface area contributed by atoms with Crippen LogP contribution in [0.25, 0.3) is 0 Å². The maximum atomic E-state index is 14.8. The first kappa shape index (κ1) is 35.4. The van der Waals surface area contributed by atoms with Crippen molar-refractivity contribution in [2.24, 2.45) is 17.8 Å². The Morgan fingerprint density at radius 1 is 1.09 bits per heavy atom. The highest BCUT2D eigenvalue weighted by Gasteiger charge is 2.76. The smallest absolute Gasteiger partial charge is 0.247 e. The van der Waals surface area contributed by atoms with Crippen molar-refractivity contribution in [2.45, 2.75) is 55.6 Å². The normalized spacial score (nSPS) is 28.3. The number of morpholine rings is 1. The monoisotopic (exact) mass is 668 g/mol. The number of aliphatic hydroxyl groups excluding tert-OH is 1. The zero-order valence-corrected chi connectivity index (χ0v) is 28.9. The minimum absolute atomic E-state index is 0.0567. The van der Waals surface area contributed by atoms with Crippen LogP contribution in [-0.4, -0.2) is 126 Å². The predicted molar refractivity (Wildman–Crippen MR) is 186 cm³/mol. The zero-order chi connectivity index (χ0) is 33.6. The van der Waals surface area contributed by atoms with Crippen molar-refractivity contribution in [3.8, 4) is 5.75 Å². The van der Waals surface area contributed by atoms with Gasteiger partial charge in [0.1, 0.15) is 11.8 Å². The zero-order valence-electron chi connectivity index (χ0n) is 28.1. The van der Waals surface area contributed by atoms with Crippen molar-refractivity contribution in [3.05, 3.63) is 49.6 Å². The summed E-state index contributed by atoms with van der Waals surface area (Å²) < 4.78 is 10.4. The third-order valence-corrected chi connectivity index (χ3v) is 12.4. The maximum absolute atomic E-state index is 14.8. The van der Waals surface area contributed by atoms with E-state index in [2.05, 4.69) is 25.0 Å². The summed E-state index contributed by atoms with van der Waals surface area (Å²) in [6.07, 6.45) is 6.32. The Labute approximate surface area is 284 Å². The Hall–Kier alpha value is -2.86. The fourth-order valence-corrected chi connectivity index (χ4v) is 10.5. The molecule has 6 atom stereocenters. The molecule has 1 N–H and O–H groups in total. The number of amides is 3. The van der Waals surface area contributed by atoms with E-state index in [1.54, 1.807) is 33.7 Å². The molecule has 1 spiro atoms. The summed E-state index contributed by atoms with van der Waals surface area (Å²) in [5, 5.41) is 9.34. The second-order valence-electron chi connectivity index (χ2n) is 13.1. The van der Waals surface area contributed by atoms with Crippen LogP contribution in [0.3, 0.4) is 0 Å². The van der Waals surface area contributed by atoms with Crippen LogP contribution in [0.15, 0.2) is 49.6 Å². The van der Waals surface area contributed by atoms with Gasteiger partial charge < -0.3 is 29.3 Å². The van der Waals surface area contributed by atoms with Crippen LogP contribution in [0.2, 0.25) is 0 Å². The number of carbonyl (C=O) groups excluding carboxylic acids is 3. The standard InChI is InChI=1S/C36H52N4O6S/c1-5-15-38(19-18-37-20-23-45-24-21-37)35(44)32-36-26(4)25-29(47-36)30(31(36)34(43)40(32)17-9-8-10-22-41)33(42)39(16-6-2)27-11-13-28(14-12-27)46-7-3/h5-6,11-14,26,29-32,41H,1-2,7-10,15-25H2,3-4H3/t26?,29-,30+,31+,32?,36?/m1/s1. The second-order valence-corrected chi connectivity index (χ2v) is 14.6. The molecule has 2 bridgehead atoms. The van der Waals surface area contributed by atoms with Gasteiger partial charge in [0.2, 0.25) is 17.7 Å². The van der Waals surface area contributed by atoms with Crippen LogP contribution in [0.1, 0.15) is 39.5 Å². The first-order chi connectivity index (χ1) is 22.8. The lowest BCUT2D eigenvalue weighted by Gasteiger charge is -2.41. The largest absolute Gasteiger partial charge is 0.494 e. The fraction of sp³-hybridized carbons (Fsp3) is 0.639. The summed E-state index contributed by atoms with van der Waals surface area (Å²) in [4.78, 5) is 51.8. The molecule has 4 aliphatic heterocycles. The molecular formula is C36H52N4O6S. The second kappa shape index (κ2) is 16.0. The van der Waals surface area contributed by atoms with Crippen molar-refractivity contribution in [3.63, 3.8) is 0 Å². The van der Waals surface area contributed by atoms with Gasteiger partial charge in [0.15, 0.2) is 0 Å². The summed E-state index contributed by atoms with van der Waals surface area (Å²) in [5.74, 6) is -0.581. The fourth-order valence-electron chi connectivity index (χ4n) is 8.12. The van der Waals surface area contributed by atoms with E-state index < -0.39 is 22.6 Å². The van der Waals surface area contributed by atoms with Crippen molar-refractivity contribution < 1.29 is 29.0 Å². The number of thioether (sulfide) groups is 1. The predicted octanol–water partition coefficient (Wildman–Crippen LogP) is 3.45. The van der Waals surface area contributed by atoms with Gasteiger partial charge in [-0.05, 0) is 62.8 Å². The Morgan fingerprint density at radius 2 is 1.81 bits per heavy atom. The summed E-state index contributed by atoms with van der Waals surface area (Å²) >= 11 is 1.71. The number of unbranched alkanes of at least 4 members (excludes halogenated alkanes) is 2. The van der Waals surface area contributed by atoms with Crippen molar-refractivity contribution in [1.29, 1.82) is 0 Å². The number of likely N-dealkylation sites (tertiary alicyclic amines) is 1. The SMILES string of the molecule is C=CCN(CCN1CCOCC1)C(=O)C1N(CCCCCO)C(=O)[C@@H]2[C@@H](C(=O)N(CC=C)c3ccc(OCC)cc3)[C@H]3CC(C)C12S3. The number of hydrogen-bond donors (Lipinski definition) is 1. The van der Waals surface area contributed by atoms with E-state index in [0.717, 1.165) is 43.9 Å². The Bertz CT molecular complexity index is 1270. The summed E-state index contributed by atoms with van der Waals surface area (Å²) in [5.41, 5.74) is 0.729. The average molecular weight is 669 g/mol. The Kier molecular flexibility index (Phi) is 12.1. The molecule has 3 amide bonds. The highest BCUT2D eigenvalue weighted by molar-refractivity contribution is 8.02. The van der Waals surface area contributed by atoms with Gasteiger partial charge in [-0.15, -0.1) is 24.9 Å². The Balaban J connectivity index is 1.47. The molecule has 47 heavy (non-hydrogen) atoms. The molecule has 10 nitrogen and oxygen atoms in total. The van der Waals surface area contributed by atoms with Gasteiger partial charge in [0.05, 0.1) is 36.4 Å². The number of nitrogens with zero attached hydrogens (tertiary/aromatic N) is 4.